The Morgan fingerprint density at radius 3 is 2.62 bits per heavy atom. The molecule has 0 aromatic rings. The molecule has 0 fully saturated rings. The molecule has 1 heteroatoms. The number of alkyl halides is 1. The van der Waals surface area contributed by atoms with Crippen LogP contribution >= 0.6 is 11.6 Å². The van der Waals surface area contributed by atoms with Gasteiger partial charge in [-0.25, -0.2) is 0 Å². The van der Waals surface area contributed by atoms with E-state index in [4.69, 9.17) is 11.6 Å². The molecule has 0 unspecified atom stereocenters. The summed E-state index contributed by atoms with van der Waals surface area (Å²) < 4.78 is 0. The molecule has 0 spiro atoms. The second-order valence-electron chi connectivity index (χ2n) is 1.95. The average Bonchev–Trinajstić information content (AvgIpc) is 1.68. The molecule has 0 aromatic heterocycles. The maximum Gasteiger partial charge on any atom is 0.0406 e. The van der Waals surface area contributed by atoms with Crippen LogP contribution in [-0.2, 0) is 0 Å². The Labute approximate surface area is 56.5 Å². The van der Waals surface area contributed by atoms with E-state index in [2.05, 4.69) is 19.9 Å². The van der Waals surface area contributed by atoms with Gasteiger partial charge in [-0.2, -0.15) is 0 Å². The van der Waals surface area contributed by atoms with Crippen LogP contribution < -0.4 is 0 Å². The highest BCUT2D eigenvalue weighted by Crippen LogP contribution is 2.02. The molecule has 0 N–H and O–H groups in total. The fourth-order valence-corrected chi connectivity index (χ4v) is 0.892. The summed E-state index contributed by atoms with van der Waals surface area (Å²) >= 11 is 5.46. The molecule has 8 heavy (non-hydrogen) atoms. The number of rotatable bonds is 3. The van der Waals surface area contributed by atoms with Crippen molar-refractivity contribution in [1.29, 1.82) is 0 Å². The van der Waals surface area contributed by atoms with Gasteiger partial charge in [0.05, 0.1) is 0 Å². The molecular formula is C7H13Cl. The lowest BCUT2D eigenvalue weighted by atomic mass is 10.2. The summed E-state index contributed by atoms with van der Waals surface area (Å²) in [4.78, 5) is 0. The quantitative estimate of drug-likeness (QED) is 0.409. The van der Waals surface area contributed by atoms with E-state index in [1.54, 1.807) is 0 Å². The largest absolute Gasteiger partial charge is 0.122 e. The minimum atomic E-state index is 0.659. The van der Waals surface area contributed by atoms with Crippen molar-refractivity contribution in [3.05, 3.63) is 11.6 Å². The van der Waals surface area contributed by atoms with Crippen molar-refractivity contribution >= 4 is 11.6 Å². The van der Waals surface area contributed by atoms with Gasteiger partial charge in [0.15, 0.2) is 0 Å². The first-order chi connectivity index (χ1) is 3.81. The van der Waals surface area contributed by atoms with Crippen LogP contribution in [0.5, 0.6) is 0 Å². The van der Waals surface area contributed by atoms with Crippen molar-refractivity contribution in [2.24, 2.45) is 0 Å². The molecule has 0 heterocycles. The highest BCUT2D eigenvalue weighted by Gasteiger charge is 1.82. The van der Waals surface area contributed by atoms with E-state index in [-0.39, 0.29) is 0 Å². The van der Waals surface area contributed by atoms with E-state index < -0.39 is 0 Å². The zero-order valence-electron chi connectivity index (χ0n) is 5.58. The maximum absolute atomic E-state index is 5.46. The van der Waals surface area contributed by atoms with E-state index in [0.717, 1.165) is 0 Å². The van der Waals surface area contributed by atoms with Crippen LogP contribution in [0.1, 0.15) is 26.7 Å². The Bertz CT molecular complexity index is 74.5. The molecule has 0 aliphatic heterocycles. The van der Waals surface area contributed by atoms with Crippen LogP contribution in [0.3, 0.4) is 0 Å². The monoisotopic (exact) mass is 132 g/mol. The third kappa shape index (κ3) is 4.20. The highest BCUT2D eigenvalue weighted by molar-refractivity contribution is 6.18. The second kappa shape index (κ2) is 5.17. The van der Waals surface area contributed by atoms with Crippen molar-refractivity contribution in [3.8, 4) is 0 Å². The van der Waals surface area contributed by atoms with Crippen LogP contribution in [-0.4, -0.2) is 5.88 Å². The molecule has 0 aromatic carbocycles. The molecule has 48 valence electrons. The first-order valence-corrected chi connectivity index (χ1v) is 3.56. The molecule has 0 amide bonds. The van der Waals surface area contributed by atoms with Crippen LogP contribution in [0, 0.1) is 0 Å². The van der Waals surface area contributed by atoms with Gasteiger partial charge in [-0.15, -0.1) is 11.6 Å². The highest BCUT2D eigenvalue weighted by atomic mass is 35.5. The van der Waals surface area contributed by atoms with E-state index in [9.17, 15) is 0 Å². The zero-order valence-corrected chi connectivity index (χ0v) is 6.33. The Balaban J connectivity index is 3.29. The van der Waals surface area contributed by atoms with Gasteiger partial charge in [0.2, 0.25) is 0 Å². The van der Waals surface area contributed by atoms with E-state index in [1.807, 2.05) is 0 Å². The predicted octanol–water partition coefficient (Wildman–Crippen LogP) is 2.97. The van der Waals surface area contributed by atoms with Crippen LogP contribution in [0.15, 0.2) is 11.6 Å². The first-order valence-electron chi connectivity index (χ1n) is 3.02. The minimum Gasteiger partial charge on any atom is -0.122 e. The smallest absolute Gasteiger partial charge is 0.0406 e. The average molecular weight is 133 g/mol. The van der Waals surface area contributed by atoms with Crippen LogP contribution in [0.2, 0.25) is 0 Å². The number of hydrogen-bond donors (Lipinski definition) is 0. The Morgan fingerprint density at radius 2 is 2.25 bits per heavy atom. The lowest BCUT2D eigenvalue weighted by Crippen LogP contribution is -1.74. The fourth-order valence-electron chi connectivity index (χ4n) is 0.628. The van der Waals surface area contributed by atoms with E-state index in [1.165, 1.54) is 18.4 Å². The summed E-state index contributed by atoms with van der Waals surface area (Å²) in [5.41, 5.74) is 1.41. The lowest BCUT2D eigenvalue weighted by molar-refractivity contribution is 0.903. The van der Waals surface area contributed by atoms with Gasteiger partial charge in [-0.3, -0.25) is 0 Å². The number of allylic oxidation sites excluding steroid dienone is 2. The third-order valence-corrected chi connectivity index (χ3v) is 1.22. The minimum absolute atomic E-state index is 0.659. The molecule has 0 radical (unpaired) electrons. The van der Waals surface area contributed by atoms with Crippen molar-refractivity contribution < 1.29 is 0 Å². The second-order valence-corrected chi connectivity index (χ2v) is 2.26. The maximum atomic E-state index is 5.46. The van der Waals surface area contributed by atoms with Crippen LogP contribution in [0.25, 0.3) is 0 Å². The van der Waals surface area contributed by atoms with Gasteiger partial charge >= 0.3 is 0 Å². The molecular weight excluding hydrogens is 120 g/mol. The number of halogens is 1. The van der Waals surface area contributed by atoms with Crippen molar-refractivity contribution in [2.45, 2.75) is 26.7 Å². The SMILES string of the molecule is CCC/C(C)=C/CCl. The molecule has 0 saturated heterocycles. The van der Waals surface area contributed by atoms with Gasteiger partial charge < -0.3 is 0 Å². The number of hydrogen-bond acceptors (Lipinski definition) is 0. The topological polar surface area (TPSA) is 0 Å². The predicted molar refractivity (Wildman–Crippen MR) is 39.4 cm³/mol. The molecule has 0 nitrogen and oxygen atoms in total. The molecule has 0 aliphatic carbocycles. The van der Waals surface area contributed by atoms with Gasteiger partial charge in [0.1, 0.15) is 0 Å². The summed E-state index contributed by atoms with van der Waals surface area (Å²) in [5, 5.41) is 0. The van der Waals surface area contributed by atoms with Gasteiger partial charge in [0, 0.05) is 5.88 Å². The van der Waals surface area contributed by atoms with E-state index >= 15 is 0 Å². The van der Waals surface area contributed by atoms with Crippen LogP contribution in [0.4, 0.5) is 0 Å². The zero-order chi connectivity index (χ0) is 6.41. The lowest BCUT2D eigenvalue weighted by Gasteiger charge is -1.92. The first kappa shape index (κ1) is 8.03. The summed E-state index contributed by atoms with van der Waals surface area (Å²) in [6.07, 6.45) is 4.47. The summed E-state index contributed by atoms with van der Waals surface area (Å²) in [6, 6.07) is 0. The van der Waals surface area contributed by atoms with Gasteiger partial charge in [-0.05, 0) is 13.3 Å². The summed E-state index contributed by atoms with van der Waals surface area (Å²) in [6.45, 7) is 4.29. The molecule has 0 atom stereocenters. The Morgan fingerprint density at radius 1 is 1.62 bits per heavy atom. The molecule has 0 rings (SSSR count). The summed E-state index contributed by atoms with van der Waals surface area (Å²) in [5.74, 6) is 0.659. The Kier molecular flexibility index (Phi) is 5.19. The molecule has 0 aliphatic rings. The molecule has 0 bridgehead atoms. The Hall–Kier alpha value is 0.0300. The van der Waals surface area contributed by atoms with Gasteiger partial charge in [0.25, 0.3) is 0 Å². The van der Waals surface area contributed by atoms with E-state index in [0.29, 0.717) is 5.88 Å². The van der Waals surface area contributed by atoms with Crippen molar-refractivity contribution in [2.75, 3.05) is 5.88 Å². The molecule has 0 saturated carbocycles. The normalized spacial score (nSPS) is 12.1. The summed E-state index contributed by atoms with van der Waals surface area (Å²) in [7, 11) is 0. The standard InChI is InChI=1S/C7H13Cl/c1-3-4-7(2)5-6-8/h5H,3-4,6H2,1-2H3/b7-5+. The fraction of sp³-hybridized carbons (Fsp3) is 0.714. The third-order valence-electron chi connectivity index (χ3n) is 1.07. The van der Waals surface area contributed by atoms with Crippen molar-refractivity contribution in [1.82, 2.24) is 0 Å². The van der Waals surface area contributed by atoms with Crippen molar-refractivity contribution in [3.63, 3.8) is 0 Å². The van der Waals surface area contributed by atoms with Gasteiger partial charge in [-0.1, -0.05) is 25.0 Å².